The van der Waals surface area contributed by atoms with Gasteiger partial charge in [-0.25, -0.2) is 4.63 Å². The lowest BCUT2D eigenvalue weighted by Gasteiger charge is -2.08. The quantitative estimate of drug-likeness (QED) is 0.495. The molecule has 0 saturated carbocycles. The Morgan fingerprint density at radius 1 is 0.957 bits per heavy atom. The van der Waals surface area contributed by atoms with Crippen molar-refractivity contribution in [3.63, 3.8) is 0 Å². The summed E-state index contributed by atoms with van der Waals surface area (Å²) in [5.74, 6) is -0.406. The van der Waals surface area contributed by atoms with Crippen LogP contribution in [0, 0.1) is 30.3 Å². The zero-order valence-corrected chi connectivity index (χ0v) is 10.8. The van der Waals surface area contributed by atoms with Crippen LogP contribution in [0.4, 0.5) is 34.4 Å². The number of nitrogens with two attached hydrogens (primary N) is 1. The van der Waals surface area contributed by atoms with Crippen LogP contribution in [-0.4, -0.2) is 25.1 Å². The van der Waals surface area contributed by atoms with Gasteiger partial charge in [-0.15, -0.1) is 0 Å². The standard InChI is InChI=1S/C8H6N8O7/c9-7-8(13-23-12-7)11-10-6-4(15(19)20)1-3(14(17)18)2-5(6)16(21)22/h1-2,10H,(H2,9,12)(H,11,13). The minimum atomic E-state index is -1.02. The molecule has 0 aliphatic carbocycles. The number of hydrogen-bond donors (Lipinski definition) is 3. The van der Waals surface area contributed by atoms with Crippen molar-refractivity contribution in [2.45, 2.75) is 0 Å². The Kier molecular flexibility index (Phi) is 3.84. The number of hydrogen-bond acceptors (Lipinski definition) is 12. The van der Waals surface area contributed by atoms with Crippen LogP contribution in [0.15, 0.2) is 16.8 Å². The highest BCUT2D eigenvalue weighted by Crippen LogP contribution is 2.38. The van der Waals surface area contributed by atoms with Crippen LogP contribution < -0.4 is 16.6 Å². The Labute approximate surface area is 124 Å². The lowest BCUT2D eigenvalue weighted by molar-refractivity contribution is -0.401. The molecule has 23 heavy (non-hydrogen) atoms. The molecule has 0 saturated heterocycles. The topological polar surface area (TPSA) is 218 Å². The largest absolute Gasteiger partial charge is 0.378 e. The first-order chi connectivity index (χ1) is 10.8. The molecular weight excluding hydrogens is 320 g/mol. The molecular formula is C8H6N8O7. The average molecular weight is 326 g/mol. The van der Waals surface area contributed by atoms with E-state index in [4.69, 9.17) is 5.73 Å². The summed E-state index contributed by atoms with van der Waals surface area (Å²) in [6.07, 6.45) is 0. The number of nitrogens with one attached hydrogen (secondary N) is 2. The summed E-state index contributed by atoms with van der Waals surface area (Å²) < 4.78 is 4.26. The molecule has 2 rings (SSSR count). The van der Waals surface area contributed by atoms with Gasteiger partial charge in [0, 0.05) is 0 Å². The predicted octanol–water partition coefficient (Wildman–Crippen LogP) is 0.815. The number of benzene rings is 1. The Balaban J connectivity index is 2.50. The first-order valence-electron chi connectivity index (χ1n) is 5.52. The molecule has 0 radical (unpaired) electrons. The third-order valence-electron chi connectivity index (χ3n) is 2.51. The van der Waals surface area contributed by atoms with Gasteiger partial charge in [-0.1, -0.05) is 0 Å². The van der Waals surface area contributed by atoms with Crippen LogP contribution in [0.3, 0.4) is 0 Å². The third-order valence-corrected chi connectivity index (χ3v) is 2.51. The molecule has 0 bridgehead atoms. The molecule has 0 unspecified atom stereocenters. The molecule has 1 heterocycles. The first-order valence-corrected chi connectivity index (χ1v) is 5.52. The number of nitro groups is 3. The molecule has 0 aliphatic heterocycles. The van der Waals surface area contributed by atoms with E-state index in [0.29, 0.717) is 12.1 Å². The molecule has 1 aromatic heterocycles. The molecule has 0 fully saturated rings. The molecule has 0 atom stereocenters. The summed E-state index contributed by atoms with van der Waals surface area (Å²) in [4.78, 5) is 29.7. The van der Waals surface area contributed by atoms with E-state index in [9.17, 15) is 30.3 Å². The van der Waals surface area contributed by atoms with Gasteiger partial charge in [0.15, 0.2) is 0 Å². The van der Waals surface area contributed by atoms with Gasteiger partial charge in [-0.2, -0.15) is 0 Å². The second kappa shape index (κ2) is 5.76. The molecule has 0 aliphatic rings. The maximum atomic E-state index is 11.0. The molecule has 120 valence electrons. The monoisotopic (exact) mass is 326 g/mol. The summed E-state index contributed by atoms with van der Waals surface area (Å²) in [6, 6.07) is 1.14. The summed E-state index contributed by atoms with van der Waals surface area (Å²) >= 11 is 0. The number of nitrogen functional groups attached to an aromatic ring is 1. The van der Waals surface area contributed by atoms with Crippen LogP contribution in [0.5, 0.6) is 0 Å². The van der Waals surface area contributed by atoms with Gasteiger partial charge in [0.25, 0.3) is 5.69 Å². The van der Waals surface area contributed by atoms with Gasteiger partial charge < -0.3 is 5.73 Å². The van der Waals surface area contributed by atoms with Crippen molar-refractivity contribution in [1.29, 1.82) is 0 Å². The molecule has 15 heteroatoms. The number of non-ortho nitro benzene ring substituents is 1. The average Bonchev–Trinajstić information content (AvgIpc) is 2.89. The van der Waals surface area contributed by atoms with E-state index in [1.54, 1.807) is 0 Å². The summed E-state index contributed by atoms with van der Waals surface area (Å²) in [5, 5.41) is 39.3. The number of nitro benzene ring substituents is 3. The van der Waals surface area contributed by atoms with E-state index in [1.165, 1.54) is 0 Å². The third kappa shape index (κ3) is 3.01. The highest BCUT2D eigenvalue weighted by atomic mass is 16.6. The zero-order valence-electron chi connectivity index (χ0n) is 10.8. The lowest BCUT2D eigenvalue weighted by atomic mass is 10.2. The maximum Gasteiger partial charge on any atom is 0.308 e. The van der Waals surface area contributed by atoms with Crippen molar-refractivity contribution in [3.8, 4) is 0 Å². The number of rotatable bonds is 6. The van der Waals surface area contributed by atoms with Gasteiger partial charge >= 0.3 is 11.4 Å². The number of aromatic nitrogens is 2. The molecule has 15 nitrogen and oxygen atoms in total. The second-order valence-corrected chi connectivity index (χ2v) is 3.88. The highest BCUT2D eigenvalue weighted by Gasteiger charge is 2.31. The van der Waals surface area contributed by atoms with Crippen molar-refractivity contribution < 1.29 is 19.4 Å². The highest BCUT2D eigenvalue weighted by molar-refractivity contribution is 5.78. The van der Waals surface area contributed by atoms with Crippen molar-refractivity contribution in [3.05, 3.63) is 42.5 Å². The van der Waals surface area contributed by atoms with Crippen LogP contribution >= 0.6 is 0 Å². The minimum absolute atomic E-state index is 0.188. The minimum Gasteiger partial charge on any atom is -0.378 e. The maximum absolute atomic E-state index is 11.0. The second-order valence-electron chi connectivity index (χ2n) is 3.88. The molecule has 0 amide bonds. The van der Waals surface area contributed by atoms with E-state index in [1.807, 2.05) is 0 Å². The zero-order chi connectivity index (χ0) is 17.1. The Bertz CT molecular complexity index is 766. The SMILES string of the molecule is Nc1nonc1NNc1c([N+](=O)[O-])cc([N+](=O)[O-])cc1[N+](=O)[O-]. The van der Waals surface area contributed by atoms with E-state index < -0.39 is 37.5 Å². The molecule has 0 spiro atoms. The Hall–Kier alpha value is -4.04. The fraction of sp³-hybridized carbons (Fsp3) is 0. The summed E-state index contributed by atoms with van der Waals surface area (Å²) in [7, 11) is 0. The summed E-state index contributed by atoms with van der Waals surface area (Å²) in [6.45, 7) is 0. The lowest BCUT2D eigenvalue weighted by Crippen LogP contribution is -2.14. The van der Waals surface area contributed by atoms with Gasteiger partial charge in [-0.05, 0) is 10.3 Å². The normalized spacial score (nSPS) is 10.1. The fourth-order valence-corrected chi connectivity index (χ4v) is 1.52. The van der Waals surface area contributed by atoms with Crippen LogP contribution in [-0.2, 0) is 0 Å². The number of anilines is 3. The number of hydrazine groups is 1. The fourth-order valence-electron chi connectivity index (χ4n) is 1.52. The molecule has 1 aromatic carbocycles. The van der Waals surface area contributed by atoms with E-state index in [-0.39, 0.29) is 11.6 Å². The van der Waals surface area contributed by atoms with Crippen LogP contribution in [0.25, 0.3) is 0 Å². The molecule has 2 aromatic rings. The first kappa shape index (κ1) is 15.4. The van der Waals surface area contributed by atoms with Crippen LogP contribution in [0.1, 0.15) is 0 Å². The summed E-state index contributed by atoms with van der Waals surface area (Å²) in [5.41, 5.74) is 6.49. The van der Waals surface area contributed by atoms with Gasteiger partial charge in [0.2, 0.25) is 17.3 Å². The van der Waals surface area contributed by atoms with Crippen molar-refractivity contribution in [2.75, 3.05) is 16.6 Å². The predicted molar refractivity (Wildman–Crippen MR) is 72.4 cm³/mol. The number of nitrogens with zero attached hydrogens (tertiary/aromatic N) is 5. The Morgan fingerprint density at radius 3 is 1.91 bits per heavy atom. The van der Waals surface area contributed by atoms with Crippen LogP contribution in [0.2, 0.25) is 0 Å². The molecule has 4 N–H and O–H groups in total. The van der Waals surface area contributed by atoms with E-state index in [0.717, 1.165) is 0 Å². The van der Waals surface area contributed by atoms with Gasteiger partial charge in [0.05, 0.1) is 26.9 Å². The smallest absolute Gasteiger partial charge is 0.308 e. The van der Waals surface area contributed by atoms with Crippen molar-refractivity contribution in [1.82, 2.24) is 10.3 Å². The Morgan fingerprint density at radius 2 is 1.52 bits per heavy atom. The van der Waals surface area contributed by atoms with E-state index in [2.05, 4.69) is 25.8 Å². The van der Waals surface area contributed by atoms with Crippen molar-refractivity contribution in [2.24, 2.45) is 0 Å². The van der Waals surface area contributed by atoms with Gasteiger partial charge in [0.1, 0.15) is 0 Å². The van der Waals surface area contributed by atoms with E-state index >= 15 is 0 Å². The van der Waals surface area contributed by atoms with Crippen molar-refractivity contribution >= 4 is 34.4 Å². The van der Waals surface area contributed by atoms with Gasteiger partial charge in [-0.3, -0.25) is 41.2 Å².